The van der Waals surface area contributed by atoms with Crippen molar-refractivity contribution in [1.29, 1.82) is 0 Å². The van der Waals surface area contributed by atoms with Gasteiger partial charge in [0.05, 0.1) is 5.25 Å². The van der Waals surface area contributed by atoms with Crippen LogP contribution < -0.4 is 10.6 Å². The average molecular weight is 345 g/mol. The van der Waals surface area contributed by atoms with E-state index in [0.29, 0.717) is 13.0 Å². The highest BCUT2D eigenvalue weighted by Crippen LogP contribution is 2.31. The van der Waals surface area contributed by atoms with Crippen LogP contribution in [0, 0.1) is 11.8 Å². The van der Waals surface area contributed by atoms with Crippen LogP contribution in [0.5, 0.6) is 0 Å². The van der Waals surface area contributed by atoms with Gasteiger partial charge in [-0.25, -0.2) is 13.2 Å². The molecular formula is C17H32N2O3S. The molecular weight excluding hydrogens is 312 g/mol. The molecule has 0 heterocycles. The van der Waals surface area contributed by atoms with Crippen molar-refractivity contribution >= 4 is 15.9 Å². The van der Waals surface area contributed by atoms with Crippen molar-refractivity contribution in [3.8, 4) is 0 Å². The molecule has 4 unspecified atom stereocenters. The van der Waals surface area contributed by atoms with Crippen molar-refractivity contribution < 1.29 is 13.2 Å². The molecule has 134 valence electrons. The van der Waals surface area contributed by atoms with Gasteiger partial charge in [-0.15, -0.1) is 0 Å². The maximum atomic E-state index is 12.0. The highest BCUT2D eigenvalue weighted by molar-refractivity contribution is 7.91. The average Bonchev–Trinajstić information content (AvgIpc) is 2.48. The highest BCUT2D eigenvalue weighted by Gasteiger charge is 2.29. The molecule has 2 amide bonds. The molecule has 0 radical (unpaired) electrons. The largest absolute Gasteiger partial charge is 0.338 e. The number of carbonyl (C=O) groups excluding carboxylic acids is 1. The second-order valence-corrected chi connectivity index (χ2v) is 9.85. The van der Waals surface area contributed by atoms with Gasteiger partial charge in [-0.05, 0) is 37.5 Å². The number of urea groups is 1. The van der Waals surface area contributed by atoms with E-state index in [2.05, 4.69) is 17.6 Å². The lowest BCUT2D eigenvalue weighted by Crippen LogP contribution is -2.46. The van der Waals surface area contributed by atoms with E-state index in [9.17, 15) is 13.2 Å². The third-order valence-electron chi connectivity index (χ3n) is 5.66. The Bertz CT molecular complexity index is 492. The summed E-state index contributed by atoms with van der Waals surface area (Å²) in [6.07, 6.45) is 10.6. The van der Waals surface area contributed by atoms with Gasteiger partial charge in [0.2, 0.25) is 0 Å². The van der Waals surface area contributed by atoms with E-state index in [-0.39, 0.29) is 17.3 Å². The molecule has 0 bridgehead atoms. The third kappa shape index (κ3) is 5.98. The summed E-state index contributed by atoms with van der Waals surface area (Å²) in [5.74, 6) is 1.50. The van der Waals surface area contributed by atoms with Gasteiger partial charge in [0, 0.05) is 18.8 Å². The third-order valence-corrected chi connectivity index (χ3v) is 7.30. The van der Waals surface area contributed by atoms with Gasteiger partial charge >= 0.3 is 6.03 Å². The minimum Gasteiger partial charge on any atom is -0.338 e. The summed E-state index contributed by atoms with van der Waals surface area (Å²) in [4.78, 5) is 12.0. The first kappa shape index (κ1) is 18.6. The number of nitrogens with one attached hydrogen (secondary N) is 2. The van der Waals surface area contributed by atoms with Gasteiger partial charge in [-0.2, -0.15) is 0 Å². The maximum absolute atomic E-state index is 12.0. The van der Waals surface area contributed by atoms with Crippen LogP contribution in [0.4, 0.5) is 4.79 Å². The molecule has 0 spiro atoms. The Morgan fingerprint density at radius 1 is 1.09 bits per heavy atom. The predicted octanol–water partition coefficient (Wildman–Crippen LogP) is 2.86. The summed E-state index contributed by atoms with van der Waals surface area (Å²) in [6, 6.07) is -0.162. The topological polar surface area (TPSA) is 75.3 Å². The Hall–Kier alpha value is -0.780. The second-order valence-electron chi connectivity index (χ2n) is 7.53. The number of hydrogen-bond acceptors (Lipinski definition) is 3. The minimum atomic E-state index is -3.00. The van der Waals surface area contributed by atoms with Gasteiger partial charge in [-0.1, -0.05) is 39.0 Å². The van der Waals surface area contributed by atoms with Gasteiger partial charge in [-0.3, -0.25) is 0 Å². The molecule has 23 heavy (non-hydrogen) atoms. The van der Waals surface area contributed by atoms with Gasteiger partial charge in [0.25, 0.3) is 0 Å². The summed E-state index contributed by atoms with van der Waals surface area (Å²) < 4.78 is 23.3. The van der Waals surface area contributed by atoms with Crippen LogP contribution >= 0.6 is 0 Å². The Morgan fingerprint density at radius 2 is 1.83 bits per heavy atom. The fourth-order valence-corrected chi connectivity index (χ4v) is 5.27. The Morgan fingerprint density at radius 3 is 2.52 bits per heavy atom. The quantitative estimate of drug-likeness (QED) is 0.805. The summed E-state index contributed by atoms with van der Waals surface area (Å²) >= 11 is 0. The number of amides is 2. The summed E-state index contributed by atoms with van der Waals surface area (Å²) in [7, 11) is -3.00. The zero-order valence-electron chi connectivity index (χ0n) is 14.5. The lowest BCUT2D eigenvalue weighted by atomic mass is 9.79. The molecule has 2 aliphatic carbocycles. The summed E-state index contributed by atoms with van der Waals surface area (Å²) in [5, 5.41) is 5.61. The molecule has 5 nitrogen and oxygen atoms in total. The Balaban J connectivity index is 1.68. The normalized spacial score (nSPS) is 32.3. The first-order valence-corrected chi connectivity index (χ1v) is 11.0. The molecule has 2 aliphatic rings. The van der Waals surface area contributed by atoms with E-state index in [0.717, 1.165) is 37.5 Å². The van der Waals surface area contributed by atoms with Crippen LogP contribution in [0.2, 0.25) is 0 Å². The molecule has 2 fully saturated rings. The number of rotatable bonds is 5. The summed E-state index contributed by atoms with van der Waals surface area (Å²) in [5.41, 5.74) is 0. The van der Waals surface area contributed by atoms with E-state index < -0.39 is 9.84 Å². The van der Waals surface area contributed by atoms with Crippen molar-refractivity contribution in [3.63, 3.8) is 0 Å². The van der Waals surface area contributed by atoms with E-state index in [1.54, 1.807) is 0 Å². The number of carbonyl (C=O) groups is 1. The van der Waals surface area contributed by atoms with Crippen molar-refractivity contribution in [2.45, 2.75) is 76.0 Å². The zero-order chi connectivity index (χ0) is 16.9. The molecule has 0 saturated heterocycles. The maximum Gasteiger partial charge on any atom is 0.315 e. The van der Waals surface area contributed by atoms with Crippen molar-refractivity contribution in [1.82, 2.24) is 10.6 Å². The minimum absolute atomic E-state index is 0.0166. The summed E-state index contributed by atoms with van der Waals surface area (Å²) in [6.45, 7) is 3.03. The number of hydrogen-bond donors (Lipinski definition) is 2. The van der Waals surface area contributed by atoms with Crippen molar-refractivity contribution in [3.05, 3.63) is 0 Å². The van der Waals surface area contributed by atoms with Crippen molar-refractivity contribution in [2.24, 2.45) is 11.8 Å². The monoisotopic (exact) mass is 344 g/mol. The van der Waals surface area contributed by atoms with E-state index in [1.165, 1.54) is 31.9 Å². The van der Waals surface area contributed by atoms with Crippen LogP contribution in [-0.4, -0.2) is 38.5 Å². The Kier molecular flexibility index (Phi) is 6.74. The van der Waals surface area contributed by atoms with E-state index in [1.807, 2.05) is 0 Å². The van der Waals surface area contributed by atoms with Crippen LogP contribution in [0.25, 0.3) is 0 Å². The van der Waals surface area contributed by atoms with Gasteiger partial charge in [0.1, 0.15) is 9.84 Å². The number of sulfone groups is 1. The second kappa shape index (κ2) is 8.36. The van der Waals surface area contributed by atoms with Gasteiger partial charge in [0.15, 0.2) is 0 Å². The fourth-order valence-electron chi connectivity index (χ4n) is 4.09. The smallest absolute Gasteiger partial charge is 0.315 e. The van der Waals surface area contributed by atoms with E-state index >= 15 is 0 Å². The van der Waals surface area contributed by atoms with E-state index in [4.69, 9.17) is 0 Å². The fraction of sp³-hybridized carbons (Fsp3) is 0.941. The zero-order valence-corrected chi connectivity index (χ0v) is 15.3. The molecule has 0 aromatic carbocycles. The SMILES string of the molecule is CC1CCCCC1CCNC(=O)NC1CCCC(S(C)(=O)=O)C1. The molecule has 4 atom stereocenters. The molecule has 2 saturated carbocycles. The highest BCUT2D eigenvalue weighted by atomic mass is 32.2. The Labute approximate surface area is 140 Å². The predicted molar refractivity (Wildman–Crippen MR) is 93.2 cm³/mol. The van der Waals surface area contributed by atoms with Crippen LogP contribution in [0.3, 0.4) is 0 Å². The van der Waals surface area contributed by atoms with Gasteiger partial charge < -0.3 is 10.6 Å². The standard InChI is InChI=1S/C17H32N2O3S/c1-13-6-3-4-7-14(13)10-11-18-17(20)19-15-8-5-9-16(12-15)23(2,21)22/h13-16H,3-12H2,1-2H3,(H2,18,19,20). The lowest BCUT2D eigenvalue weighted by Gasteiger charge is -2.30. The first-order chi connectivity index (χ1) is 10.9. The van der Waals surface area contributed by atoms with Crippen LogP contribution in [0.1, 0.15) is 64.7 Å². The molecule has 0 aromatic rings. The molecule has 2 rings (SSSR count). The first-order valence-electron chi connectivity index (χ1n) is 9.09. The van der Waals surface area contributed by atoms with Crippen LogP contribution in [-0.2, 0) is 9.84 Å². The lowest BCUT2D eigenvalue weighted by molar-refractivity contribution is 0.222. The van der Waals surface area contributed by atoms with Crippen LogP contribution in [0.15, 0.2) is 0 Å². The van der Waals surface area contributed by atoms with Crippen molar-refractivity contribution in [2.75, 3.05) is 12.8 Å². The molecule has 0 aliphatic heterocycles. The molecule has 2 N–H and O–H groups in total. The molecule has 0 aromatic heterocycles. The molecule has 6 heteroatoms.